The summed E-state index contributed by atoms with van der Waals surface area (Å²) < 4.78 is 29.9. The lowest BCUT2D eigenvalue weighted by Gasteiger charge is -2.11. The van der Waals surface area contributed by atoms with Crippen LogP contribution >= 0.6 is 0 Å². The van der Waals surface area contributed by atoms with E-state index in [4.69, 9.17) is 0 Å². The summed E-state index contributed by atoms with van der Waals surface area (Å²) in [7, 11) is -2.25. The average molecular weight is 415 g/mol. The molecule has 0 saturated carbocycles. The van der Waals surface area contributed by atoms with Crippen molar-refractivity contribution in [3.05, 3.63) is 66.4 Å². The van der Waals surface area contributed by atoms with Crippen molar-refractivity contribution in [3.63, 3.8) is 0 Å². The molecule has 0 aliphatic rings. The van der Waals surface area contributed by atoms with Gasteiger partial charge in [-0.05, 0) is 24.3 Å². The molecule has 0 atom stereocenters. The van der Waals surface area contributed by atoms with Crippen LogP contribution in [0.5, 0.6) is 0 Å². The number of nitrogens with zero attached hydrogens (tertiary/aromatic N) is 7. The first-order chi connectivity index (χ1) is 14.5. The van der Waals surface area contributed by atoms with Crippen molar-refractivity contribution in [2.24, 2.45) is 7.05 Å². The molecule has 5 aromatic rings. The number of benzene rings is 2. The van der Waals surface area contributed by atoms with Crippen LogP contribution in [0.25, 0.3) is 28.2 Å². The highest BCUT2D eigenvalue weighted by Gasteiger charge is 2.30. The molecular formula is C20H13N7O2S. The van der Waals surface area contributed by atoms with Gasteiger partial charge >= 0.3 is 0 Å². The summed E-state index contributed by atoms with van der Waals surface area (Å²) in [4.78, 5) is 4.70. The number of fused-ring (bicyclic) bond motifs is 2. The van der Waals surface area contributed by atoms with Gasteiger partial charge in [-0.15, -0.1) is 10.2 Å². The molecule has 5 rings (SSSR count). The molecule has 2 aromatic carbocycles. The van der Waals surface area contributed by atoms with Crippen LogP contribution in [0.3, 0.4) is 0 Å². The average Bonchev–Trinajstić information content (AvgIpc) is 3.35. The number of para-hydroxylation sites is 2. The number of imidazole rings is 1. The minimum absolute atomic E-state index is 0.0753. The van der Waals surface area contributed by atoms with Crippen LogP contribution in [0.2, 0.25) is 0 Å². The van der Waals surface area contributed by atoms with Crippen LogP contribution in [-0.4, -0.2) is 37.8 Å². The molecule has 0 aliphatic carbocycles. The Bertz CT molecular complexity index is 1580. The zero-order valence-electron chi connectivity index (χ0n) is 15.6. The molecule has 0 saturated heterocycles. The molecule has 30 heavy (non-hydrogen) atoms. The van der Waals surface area contributed by atoms with Crippen molar-refractivity contribution in [2.45, 2.75) is 9.92 Å². The summed E-state index contributed by atoms with van der Waals surface area (Å²) in [5.41, 5.74) is 1.99. The van der Waals surface area contributed by atoms with Crippen LogP contribution in [-0.2, 0) is 16.9 Å². The lowest BCUT2D eigenvalue weighted by Crippen LogP contribution is -2.14. The van der Waals surface area contributed by atoms with Gasteiger partial charge in [0, 0.05) is 7.05 Å². The van der Waals surface area contributed by atoms with Gasteiger partial charge in [-0.25, -0.2) is 17.9 Å². The van der Waals surface area contributed by atoms with Gasteiger partial charge in [0.1, 0.15) is 17.3 Å². The number of hydrogen-bond donors (Lipinski definition) is 0. The Morgan fingerprint density at radius 3 is 2.47 bits per heavy atom. The molecule has 0 bridgehead atoms. The molecule has 146 valence electrons. The molecule has 0 spiro atoms. The van der Waals surface area contributed by atoms with Gasteiger partial charge in [0.25, 0.3) is 0 Å². The van der Waals surface area contributed by atoms with Gasteiger partial charge in [-0.2, -0.15) is 10.4 Å². The summed E-state index contributed by atoms with van der Waals surface area (Å²) in [6.45, 7) is 0. The van der Waals surface area contributed by atoms with Crippen molar-refractivity contribution in [1.29, 1.82) is 5.26 Å². The first-order valence-electron chi connectivity index (χ1n) is 8.89. The largest absolute Gasteiger partial charge is 0.326 e. The number of hydrogen-bond acceptors (Lipinski definition) is 7. The third-order valence-electron chi connectivity index (χ3n) is 4.82. The first-order valence-corrected chi connectivity index (χ1v) is 10.4. The number of sulfone groups is 1. The van der Waals surface area contributed by atoms with E-state index in [9.17, 15) is 13.7 Å². The SMILES string of the molecule is Cn1c(-c2c(S(=O)(=O)c3ccccc3)nnc3c(C#N)cnn23)nc2ccccc21. The Kier molecular flexibility index (Phi) is 3.87. The van der Waals surface area contributed by atoms with Crippen LogP contribution in [0, 0.1) is 11.3 Å². The summed E-state index contributed by atoms with van der Waals surface area (Å²) in [6, 6.07) is 17.4. The number of aryl methyl sites for hydroxylation is 1. The molecule has 3 aromatic heterocycles. The maximum absolute atomic E-state index is 13.4. The monoisotopic (exact) mass is 415 g/mol. The highest BCUT2D eigenvalue weighted by Crippen LogP contribution is 2.31. The molecule has 3 heterocycles. The Hall–Kier alpha value is -4.10. The maximum Gasteiger partial charge on any atom is 0.228 e. The highest BCUT2D eigenvalue weighted by molar-refractivity contribution is 7.91. The molecule has 0 fully saturated rings. The van der Waals surface area contributed by atoms with Crippen LogP contribution in [0.1, 0.15) is 5.56 Å². The predicted octanol–water partition coefficient (Wildman–Crippen LogP) is 2.38. The Labute approximate surface area is 170 Å². The van der Waals surface area contributed by atoms with Gasteiger partial charge in [0.2, 0.25) is 14.9 Å². The smallest absolute Gasteiger partial charge is 0.228 e. The molecule has 0 N–H and O–H groups in total. The van der Waals surface area contributed by atoms with Crippen molar-refractivity contribution in [1.82, 2.24) is 29.4 Å². The quantitative estimate of drug-likeness (QED) is 0.444. The van der Waals surface area contributed by atoms with E-state index in [0.29, 0.717) is 11.3 Å². The van der Waals surface area contributed by atoms with Crippen molar-refractivity contribution in [3.8, 4) is 17.6 Å². The second kappa shape index (κ2) is 6.47. The van der Waals surface area contributed by atoms with E-state index in [2.05, 4.69) is 20.3 Å². The molecule has 0 unspecified atom stereocenters. The van der Waals surface area contributed by atoms with E-state index < -0.39 is 9.84 Å². The molecule has 9 nitrogen and oxygen atoms in total. The van der Waals surface area contributed by atoms with Gasteiger partial charge in [0.15, 0.2) is 11.5 Å². The van der Waals surface area contributed by atoms with E-state index >= 15 is 0 Å². The standard InChI is InChI=1S/C20H13N7O2S/c1-26-16-10-6-5-9-15(16)23-19(26)17-20(30(28,29)14-7-3-2-4-8-14)25-24-18-13(11-21)12-22-27(17)18/h2-10,12H,1H3. The Morgan fingerprint density at radius 1 is 1.00 bits per heavy atom. The van der Waals surface area contributed by atoms with Crippen molar-refractivity contribution < 1.29 is 8.42 Å². The number of nitriles is 1. The minimum Gasteiger partial charge on any atom is -0.326 e. The number of rotatable bonds is 3. The molecule has 0 amide bonds. The van der Waals surface area contributed by atoms with Crippen LogP contribution < -0.4 is 0 Å². The normalized spacial score (nSPS) is 11.7. The second-order valence-electron chi connectivity index (χ2n) is 6.56. The fourth-order valence-corrected chi connectivity index (χ4v) is 4.67. The predicted molar refractivity (Wildman–Crippen MR) is 107 cm³/mol. The van der Waals surface area contributed by atoms with Gasteiger partial charge in [0.05, 0.1) is 22.1 Å². The van der Waals surface area contributed by atoms with E-state index in [1.165, 1.54) is 22.8 Å². The molecule has 0 aliphatic heterocycles. The summed E-state index contributed by atoms with van der Waals surface area (Å²) in [5.74, 6) is 0.346. The van der Waals surface area contributed by atoms with Gasteiger partial charge < -0.3 is 4.57 Å². The van der Waals surface area contributed by atoms with Crippen LogP contribution in [0.15, 0.2) is 70.7 Å². The van der Waals surface area contributed by atoms with Gasteiger partial charge in [-0.3, -0.25) is 0 Å². The van der Waals surface area contributed by atoms with Crippen LogP contribution in [0.4, 0.5) is 0 Å². The fraction of sp³-hybridized carbons (Fsp3) is 0.0500. The third kappa shape index (κ3) is 2.49. The topological polar surface area (TPSA) is 119 Å². The summed E-state index contributed by atoms with van der Waals surface area (Å²) in [6.07, 6.45) is 1.33. The van der Waals surface area contributed by atoms with Gasteiger partial charge in [-0.1, -0.05) is 30.3 Å². The Morgan fingerprint density at radius 2 is 1.73 bits per heavy atom. The molecular weight excluding hydrogens is 402 g/mol. The zero-order valence-corrected chi connectivity index (χ0v) is 16.4. The molecule has 10 heteroatoms. The molecule has 0 radical (unpaired) electrons. The maximum atomic E-state index is 13.4. The zero-order chi connectivity index (χ0) is 20.9. The minimum atomic E-state index is -4.03. The fourth-order valence-electron chi connectivity index (χ4n) is 3.35. The number of aromatic nitrogens is 6. The van der Waals surface area contributed by atoms with Crippen molar-refractivity contribution in [2.75, 3.05) is 0 Å². The lowest BCUT2D eigenvalue weighted by atomic mass is 10.3. The lowest BCUT2D eigenvalue weighted by molar-refractivity contribution is 0.588. The summed E-state index contributed by atoms with van der Waals surface area (Å²) in [5, 5.41) is 21.3. The van der Waals surface area contributed by atoms with E-state index in [1.807, 2.05) is 30.3 Å². The van der Waals surface area contributed by atoms with E-state index in [-0.39, 0.29) is 26.8 Å². The second-order valence-corrected chi connectivity index (χ2v) is 8.42. The highest BCUT2D eigenvalue weighted by atomic mass is 32.2. The first kappa shape index (κ1) is 18.0. The Balaban J connectivity index is 1.92. The van der Waals surface area contributed by atoms with Crippen molar-refractivity contribution >= 4 is 26.5 Å². The third-order valence-corrected chi connectivity index (χ3v) is 6.50. The summed E-state index contributed by atoms with van der Waals surface area (Å²) >= 11 is 0. The van der Waals surface area contributed by atoms with E-state index in [0.717, 1.165) is 5.52 Å². The van der Waals surface area contributed by atoms with E-state index in [1.54, 1.807) is 29.8 Å².